The summed E-state index contributed by atoms with van der Waals surface area (Å²) >= 11 is 0. The number of hydrogen-bond acceptors (Lipinski definition) is 1. The second-order valence-electron chi connectivity index (χ2n) is 3.34. The Kier molecular flexibility index (Phi) is 2.53. The molecule has 1 aromatic heterocycles. The first-order chi connectivity index (χ1) is 7.41. The molecule has 0 aliphatic carbocycles. The molecule has 2 nitrogen and oxygen atoms in total. The average molecular weight is 247 g/mol. The lowest BCUT2D eigenvalue weighted by Gasteiger charge is -2.03. The van der Waals surface area contributed by atoms with Crippen molar-refractivity contribution in [3.05, 3.63) is 30.5 Å². The molecule has 0 fully saturated rings. The van der Waals surface area contributed by atoms with Crippen molar-refractivity contribution >= 4 is 21.7 Å². The third-order valence-corrected chi connectivity index (χ3v) is 3.42. The van der Waals surface area contributed by atoms with Gasteiger partial charge in [-0.1, -0.05) is 18.2 Å². The SMILES string of the molecule is Cn1cc(S(=O)C(F)(F)F)c2ccccc21. The van der Waals surface area contributed by atoms with E-state index < -0.39 is 16.3 Å². The summed E-state index contributed by atoms with van der Waals surface area (Å²) < 4.78 is 49.9. The Morgan fingerprint density at radius 1 is 1.25 bits per heavy atom. The fraction of sp³-hybridized carbons (Fsp3) is 0.200. The molecular formula is C10H8F3NOS. The molecule has 0 saturated heterocycles. The van der Waals surface area contributed by atoms with Crippen molar-refractivity contribution in [2.24, 2.45) is 7.05 Å². The molecule has 1 unspecified atom stereocenters. The molecule has 0 saturated carbocycles. The summed E-state index contributed by atoms with van der Waals surface area (Å²) in [5, 5.41) is 0.376. The lowest BCUT2D eigenvalue weighted by molar-refractivity contribution is -0.0384. The van der Waals surface area contributed by atoms with E-state index in [0.717, 1.165) is 0 Å². The smallest absolute Gasteiger partial charge is 0.349 e. The molecule has 86 valence electrons. The van der Waals surface area contributed by atoms with Crippen molar-refractivity contribution in [3.63, 3.8) is 0 Å². The summed E-state index contributed by atoms with van der Waals surface area (Å²) in [5.74, 6) is 0. The number of halogens is 3. The van der Waals surface area contributed by atoms with Gasteiger partial charge >= 0.3 is 5.51 Å². The minimum absolute atomic E-state index is 0.189. The Hall–Kier alpha value is -1.30. The average Bonchev–Trinajstić information content (AvgIpc) is 2.55. The largest absolute Gasteiger partial charge is 0.475 e. The number of aryl methyl sites for hydroxylation is 1. The number of aromatic nitrogens is 1. The van der Waals surface area contributed by atoms with E-state index in [1.54, 1.807) is 25.2 Å². The normalized spacial score (nSPS) is 14.2. The van der Waals surface area contributed by atoms with Crippen molar-refractivity contribution in [2.75, 3.05) is 0 Å². The van der Waals surface area contributed by atoms with Crippen molar-refractivity contribution < 1.29 is 17.4 Å². The molecule has 0 bridgehead atoms. The summed E-state index contributed by atoms with van der Waals surface area (Å²) in [7, 11) is -1.35. The van der Waals surface area contributed by atoms with Crippen molar-refractivity contribution in [1.29, 1.82) is 0 Å². The summed E-state index contributed by atoms with van der Waals surface area (Å²) in [6.45, 7) is 0. The van der Waals surface area contributed by atoms with E-state index in [0.29, 0.717) is 10.9 Å². The van der Waals surface area contributed by atoms with Gasteiger partial charge in [-0.3, -0.25) is 0 Å². The van der Waals surface area contributed by atoms with Crippen LogP contribution in [0.5, 0.6) is 0 Å². The van der Waals surface area contributed by atoms with Gasteiger partial charge in [0.1, 0.15) is 0 Å². The predicted octanol–water partition coefficient (Wildman–Crippen LogP) is 2.81. The van der Waals surface area contributed by atoms with Gasteiger partial charge in [0.2, 0.25) is 0 Å². The van der Waals surface area contributed by atoms with Crippen LogP contribution in [0, 0.1) is 0 Å². The Balaban J connectivity index is 2.67. The maximum atomic E-state index is 12.4. The number of rotatable bonds is 1. The van der Waals surface area contributed by atoms with Gasteiger partial charge in [-0.05, 0) is 6.07 Å². The van der Waals surface area contributed by atoms with E-state index in [9.17, 15) is 17.4 Å². The molecule has 0 N–H and O–H groups in total. The van der Waals surface area contributed by atoms with E-state index in [1.165, 1.54) is 16.8 Å². The number of benzene rings is 1. The van der Waals surface area contributed by atoms with Crippen LogP contribution in [0.2, 0.25) is 0 Å². The van der Waals surface area contributed by atoms with Crippen molar-refractivity contribution in [3.8, 4) is 0 Å². The fourth-order valence-corrected chi connectivity index (χ4v) is 2.45. The van der Waals surface area contributed by atoms with Gasteiger partial charge in [0.25, 0.3) is 0 Å². The van der Waals surface area contributed by atoms with Crippen LogP contribution in [-0.2, 0) is 17.8 Å². The molecule has 16 heavy (non-hydrogen) atoms. The molecule has 1 aromatic carbocycles. The van der Waals surface area contributed by atoms with Crippen LogP contribution >= 0.6 is 0 Å². The van der Waals surface area contributed by atoms with Gasteiger partial charge < -0.3 is 4.57 Å². The Morgan fingerprint density at radius 3 is 2.50 bits per heavy atom. The third kappa shape index (κ3) is 1.73. The molecule has 0 aliphatic heterocycles. The second-order valence-corrected chi connectivity index (χ2v) is 4.78. The lowest BCUT2D eigenvalue weighted by Crippen LogP contribution is -2.15. The number of alkyl halides is 3. The van der Waals surface area contributed by atoms with Crippen LogP contribution in [-0.4, -0.2) is 14.3 Å². The van der Waals surface area contributed by atoms with Crippen molar-refractivity contribution in [2.45, 2.75) is 10.4 Å². The zero-order valence-electron chi connectivity index (χ0n) is 8.28. The molecule has 2 rings (SSSR count). The quantitative estimate of drug-likeness (QED) is 0.759. The first-order valence-electron chi connectivity index (χ1n) is 4.44. The summed E-state index contributed by atoms with van der Waals surface area (Å²) in [4.78, 5) is -0.189. The maximum Gasteiger partial charge on any atom is 0.475 e. The molecule has 0 radical (unpaired) electrons. The molecule has 2 aromatic rings. The van der Waals surface area contributed by atoms with Crippen LogP contribution < -0.4 is 0 Å². The molecule has 6 heteroatoms. The standard InChI is InChI=1S/C10H8F3NOS/c1-14-6-9(16(15)10(11,12)13)7-4-2-3-5-8(7)14/h2-6H,1H3. The molecular weight excluding hydrogens is 239 g/mol. The Labute approximate surface area is 92.1 Å². The molecule has 0 aliphatic rings. The maximum absolute atomic E-state index is 12.4. The molecule has 0 spiro atoms. The zero-order valence-corrected chi connectivity index (χ0v) is 9.10. The van der Waals surface area contributed by atoms with Crippen molar-refractivity contribution in [1.82, 2.24) is 4.57 Å². The van der Waals surface area contributed by atoms with E-state index in [2.05, 4.69) is 0 Å². The van der Waals surface area contributed by atoms with Gasteiger partial charge in [0.05, 0.1) is 4.90 Å². The van der Waals surface area contributed by atoms with E-state index in [-0.39, 0.29) is 4.90 Å². The minimum Gasteiger partial charge on any atom is -0.349 e. The van der Waals surface area contributed by atoms with Gasteiger partial charge in [0, 0.05) is 24.1 Å². The highest BCUT2D eigenvalue weighted by atomic mass is 32.2. The van der Waals surface area contributed by atoms with Crippen LogP contribution in [0.3, 0.4) is 0 Å². The van der Waals surface area contributed by atoms with E-state index >= 15 is 0 Å². The summed E-state index contributed by atoms with van der Waals surface area (Å²) in [6, 6.07) is 6.57. The molecule has 1 heterocycles. The summed E-state index contributed by atoms with van der Waals surface area (Å²) in [5.41, 5.74) is -4.08. The van der Waals surface area contributed by atoms with E-state index in [4.69, 9.17) is 0 Å². The first-order valence-corrected chi connectivity index (χ1v) is 5.59. The second kappa shape index (κ2) is 3.62. The number of hydrogen-bond donors (Lipinski definition) is 0. The molecule has 0 amide bonds. The fourth-order valence-electron chi connectivity index (χ4n) is 1.58. The number of nitrogens with zero attached hydrogens (tertiary/aromatic N) is 1. The van der Waals surface area contributed by atoms with E-state index in [1.807, 2.05) is 0 Å². The zero-order chi connectivity index (χ0) is 11.9. The number of fused-ring (bicyclic) bond motifs is 1. The predicted molar refractivity (Wildman–Crippen MR) is 55.4 cm³/mol. The highest BCUT2D eigenvalue weighted by Gasteiger charge is 2.39. The number of para-hydroxylation sites is 1. The monoisotopic (exact) mass is 247 g/mol. The van der Waals surface area contributed by atoms with Gasteiger partial charge in [-0.25, -0.2) is 4.21 Å². The summed E-state index contributed by atoms with van der Waals surface area (Å²) in [6.07, 6.45) is 1.26. The van der Waals surface area contributed by atoms with Crippen LogP contribution in [0.4, 0.5) is 13.2 Å². The topological polar surface area (TPSA) is 22.0 Å². The third-order valence-electron chi connectivity index (χ3n) is 2.27. The van der Waals surface area contributed by atoms with Crippen LogP contribution in [0.15, 0.2) is 35.4 Å². The molecule has 1 atom stereocenters. The highest BCUT2D eigenvalue weighted by Crippen LogP contribution is 2.31. The first kappa shape index (κ1) is 11.2. The van der Waals surface area contributed by atoms with Crippen LogP contribution in [0.1, 0.15) is 0 Å². The van der Waals surface area contributed by atoms with Crippen LogP contribution in [0.25, 0.3) is 10.9 Å². The Bertz CT molecular complexity index is 559. The van der Waals surface area contributed by atoms with Gasteiger partial charge in [-0.2, -0.15) is 13.2 Å². The lowest BCUT2D eigenvalue weighted by atomic mass is 10.2. The Morgan fingerprint density at radius 2 is 1.88 bits per heavy atom. The highest BCUT2D eigenvalue weighted by molar-refractivity contribution is 7.86. The minimum atomic E-state index is -4.72. The van der Waals surface area contributed by atoms with Gasteiger partial charge in [0.15, 0.2) is 10.8 Å². The van der Waals surface area contributed by atoms with Gasteiger partial charge in [-0.15, -0.1) is 0 Å².